The summed E-state index contributed by atoms with van der Waals surface area (Å²) < 4.78 is 120. The molecule has 2 aromatic carbocycles. The van der Waals surface area contributed by atoms with Crippen LogP contribution in [0.2, 0.25) is 0 Å². The number of nitrogens with one attached hydrogen (secondary N) is 1. The lowest BCUT2D eigenvalue weighted by molar-refractivity contribution is -0.253. The molecule has 0 fully saturated rings. The molecule has 0 saturated carbocycles. The monoisotopic (exact) mass is 417 g/mol. The van der Waals surface area contributed by atoms with Crippen molar-refractivity contribution in [3.8, 4) is 5.75 Å². The molecule has 0 aliphatic heterocycles. The minimum Gasteiger partial charge on any atom is -0.428 e. The van der Waals surface area contributed by atoms with Crippen LogP contribution in [0.25, 0.3) is 0 Å². The Bertz CT molecular complexity index is 836. The minimum atomic E-state index is -5.01. The van der Waals surface area contributed by atoms with Crippen molar-refractivity contribution in [3.05, 3.63) is 64.7 Å². The van der Waals surface area contributed by atoms with Gasteiger partial charge in [-0.15, -0.1) is 0 Å². The smallest absolute Gasteiger partial charge is 0.428 e. The second kappa shape index (κ2) is 7.90. The van der Waals surface area contributed by atoms with Gasteiger partial charge in [-0.05, 0) is 42.4 Å². The van der Waals surface area contributed by atoms with E-state index in [-0.39, 0.29) is 11.1 Å². The van der Waals surface area contributed by atoms with Crippen LogP contribution >= 0.6 is 0 Å². The van der Waals surface area contributed by atoms with Crippen LogP contribution in [-0.4, -0.2) is 19.6 Å². The van der Waals surface area contributed by atoms with Crippen molar-refractivity contribution < 1.29 is 44.3 Å². The topological polar surface area (TPSA) is 21.3 Å². The Morgan fingerprint density at radius 3 is 2.07 bits per heavy atom. The molecule has 0 amide bonds. The number of benzene rings is 2. The molecule has 0 radical (unpaired) electrons. The summed E-state index contributed by atoms with van der Waals surface area (Å²) in [5.41, 5.74) is -1.96. The first-order valence-electron chi connectivity index (χ1n) is 7.54. The van der Waals surface area contributed by atoms with E-state index in [2.05, 4.69) is 10.1 Å². The minimum absolute atomic E-state index is 0.173. The molecule has 28 heavy (non-hydrogen) atoms. The van der Waals surface area contributed by atoms with Crippen LogP contribution in [0.4, 0.5) is 39.5 Å². The number of halogens is 9. The third kappa shape index (κ3) is 4.89. The fourth-order valence-electron chi connectivity index (χ4n) is 2.48. The summed E-state index contributed by atoms with van der Waals surface area (Å²) in [7, 11) is 1.26. The van der Waals surface area contributed by atoms with Crippen LogP contribution in [0, 0.1) is 11.6 Å². The average molecular weight is 417 g/mol. The lowest BCUT2D eigenvalue weighted by Gasteiger charge is -2.21. The Morgan fingerprint density at radius 1 is 0.893 bits per heavy atom. The van der Waals surface area contributed by atoms with Crippen molar-refractivity contribution in [2.75, 3.05) is 7.05 Å². The standard InChI is InChI=1S/C17H12F9NO/c1-27-14(8-2-3-13(19)12(6-8)16(22,23)24)9-4-10(18)7-11(5-9)28-17(25,26)15(20)21/h2-7,14-15,27H,1H3/t14-/m1/s1. The van der Waals surface area contributed by atoms with Crippen molar-refractivity contribution in [3.63, 3.8) is 0 Å². The summed E-state index contributed by atoms with van der Waals surface area (Å²) in [5, 5.41) is 2.53. The van der Waals surface area contributed by atoms with Gasteiger partial charge < -0.3 is 10.1 Å². The van der Waals surface area contributed by atoms with Crippen molar-refractivity contribution in [2.24, 2.45) is 0 Å². The molecule has 0 aliphatic rings. The second-order valence-corrected chi connectivity index (χ2v) is 5.64. The average Bonchev–Trinajstić information content (AvgIpc) is 2.54. The number of ether oxygens (including phenoxy) is 1. The predicted molar refractivity (Wildman–Crippen MR) is 80.3 cm³/mol. The predicted octanol–water partition coefficient (Wildman–Crippen LogP) is 5.53. The van der Waals surface area contributed by atoms with E-state index in [1.54, 1.807) is 0 Å². The highest BCUT2D eigenvalue weighted by Crippen LogP contribution is 2.35. The zero-order valence-electron chi connectivity index (χ0n) is 13.9. The highest BCUT2D eigenvalue weighted by Gasteiger charge is 2.44. The fourth-order valence-corrected chi connectivity index (χ4v) is 2.48. The lowest BCUT2D eigenvalue weighted by atomic mass is 9.96. The Kier molecular flexibility index (Phi) is 6.17. The van der Waals surface area contributed by atoms with Crippen molar-refractivity contribution in [2.45, 2.75) is 24.8 Å². The summed E-state index contributed by atoms with van der Waals surface area (Å²) in [4.78, 5) is 0. The normalized spacial score (nSPS) is 13.7. The molecule has 0 bridgehead atoms. The highest BCUT2D eigenvalue weighted by atomic mass is 19.4. The van der Waals surface area contributed by atoms with Crippen molar-refractivity contribution in [1.82, 2.24) is 5.32 Å². The van der Waals surface area contributed by atoms with E-state index >= 15 is 0 Å². The SMILES string of the molecule is CN[C@@H](c1cc(F)cc(OC(F)(F)C(F)F)c1)c1ccc(F)c(C(F)(F)F)c1. The highest BCUT2D eigenvalue weighted by molar-refractivity contribution is 5.39. The second-order valence-electron chi connectivity index (χ2n) is 5.64. The van der Waals surface area contributed by atoms with Gasteiger partial charge >= 0.3 is 18.7 Å². The summed E-state index contributed by atoms with van der Waals surface area (Å²) in [6.45, 7) is 0. The molecule has 1 N–H and O–H groups in total. The van der Waals surface area contributed by atoms with Crippen LogP contribution in [-0.2, 0) is 6.18 Å². The zero-order valence-corrected chi connectivity index (χ0v) is 13.9. The molecule has 2 nitrogen and oxygen atoms in total. The van der Waals surface area contributed by atoms with Crippen LogP contribution in [0.15, 0.2) is 36.4 Å². The molecule has 2 rings (SSSR count). The van der Waals surface area contributed by atoms with Crippen LogP contribution < -0.4 is 10.1 Å². The summed E-state index contributed by atoms with van der Waals surface area (Å²) in [5.74, 6) is -3.65. The van der Waals surface area contributed by atoms with E-state index in [4.69, 9.17) is 0 Å². The van der Waals surface area contributed by atoms with E-state index in [0.29, 0.717) is 18.2 Å². The van der Waals surface area contributed by atoms with Gasteiger partial charge in [-0.1, -0.05) is 6.07 Å². The maximum absolute atomic E-state index is 13.8. The van der Waals surface area contributed by atoms with Gasteiger partial charge in [0.1, 0.15) is 17.4 Å². The molecule has 0 unspecified atom stereocenters. The van der Waals surface area contributed by atoms with Crippen LogP contribution in [0.3, 0.4) is 0 Å². The Morgan fingerprint density at radius 2 is 1.54 bits per heavy atom. The Hall–Kier alpha value is -2.43. The van der Waals surface area contributed by atoms with Gasteiger partial charge in [-0.2, -0.15) is 30.7 Å². The molecule has 154 valence electrons. The summed E-state index contributed by atoms with van der Waals surface area (Å²) >= 11 is 0. The quantitative estimate of drug-likeness (QED) is 0.625. The molecule has 11 heteroatoms. The van der Waals surface area contributed by atoms with E-state index in [1.165, 1.54) is 7.05 Å². The number of rotatable bonds is 6. The maximum atomic E-state index is 13.8. The van der Waals surface area contributed by atoms with E-state index in [9.17, 15) is 39.5 Å². The van der Waals surface area contributed by atoms with E-state index < -0.39 is 47.7 Å². The van der Waals surface area contributed by atoms with Gasteiger partial charge in [0.25, 0.3) is 0 Å². The zero-order chi connectivity index (χ0) is 21.3. The van der Waals surface area contributed by atoms with Crippen LogP contribution in [0.5, 0.6) is 5.75 Å². The molecule has 0 aliphatic carbocycles. The third-order valence-electron chi connectivity index (χ3n) is 3.65. The van der Waals surface area contributed by atoms with Crippen LogP contribution in [0.1, 0.15) is 22.7 Å². The van der Waals surface area contributed by atoms with Gasteiger partial charge in [0.05, 0.1) is 11.6 Å². The number of hydrogen-bond donors (Lipinski definition) is 1. The van der Waals surface area contributed by atoms with Gasteiger partial charge in [0.15, 0.2) is 0 Å². The van der Waals surface area contributed by atoms with Gasteiger partial charge in [0, 0.05) is 6.07 Å². The van der Waals surface area contributed by atoms with Gasteiger partial charge in [-0.3, -0.25) is 0 Å². The summed E-state index contributed by atoms with van der Waals surface area (Å²) in [6, 6.07) is 2.74. The molecular weight excluding hydrogens is 405 g/mol. The Labute approximate surface area is 152 Å². The molecule has 1 atom stereocenters. The van der Waals surface area contributed by atoms with E-state index in [0.717, 1.165) is 18.2 Å². The first-order valence-corrected chi connectivity index (χ1v) is 7.54. The van der Waals surface area contributed by atoms with Crippen molar-refractivity contribution >= 4 is 0 Å². The molecule has 0 heterocycles. The molecule has 2 aromatic rings. The van der Waals surface area contributed by atoms with E-state index in [1.807, 2.05) is 0 Å². The number of alkyl halides is 7. The molecular formula is C17H12F9NO. The first kappa shape index (κ1) is 21.9. The summed E-state index contributed by atoms with van der Waals surface area (Å²) in [6.07, 6.45) is -14.1. The fraction of sp³-hybridized carbons (Fsp3) is 0.294. The first-order chi connectivity index (χ1) is 12.8. The van der Waals surface area contributed by atoms with Gasteiger partial charge in [-0.25, -0.2) is 8.78 Å². The Balaban J connectivity index is 2.48. The molecule has 0 spiro atoms. The third-order valence-corrected chi connectivity index (χ3v) is 3.65. The lowest BCUT2D eigenvalue weighted by Crippen LogP contribution is -2.33. The number of hydrogen-bond acceptors (Lipinski definition) is 2. The molecule has 0 aromatic heterocycles. The van der Waals surface area contributed by atoms with Gasteiger partial charge in [0.2, 0.25) is 0 Å². The molecule has 0 saturated heterocycles. The van der Waals surface area contributed by atoms with Crippen molar-refractivity contribution in [1.29, 1.82) is 0 Å². The maximum Gasteiger partial charge on any atom is 0.461 e. The largest absolute Gasteiger partial charge is 0.461 e.